The molecule has 0 spiro atoms. The van der Waals surface area contributed by atoms with Crippen molar-refractivity contribution < 1.29 is 5.11 Å². The number of nitrogens with zero attached hydrogens (tertiary/aromatic N) is 2. The Morgan fingerprint density at radius 3 is 2.57 bits per heavy atom. The van der Waals surface area contributed by atoms with E-state index in [2.05, 4.69) is 15.3 Å². The number of nitrogen functional groups attached to an aromatic ring is 2. The van der Waals surface area contributed by atoms with Crippen LogP contribution in [0.5, 0.6) is 0 Å². The van der Waals surface area contributed by atoms with Crippen LogP contribution in [0.1, 0.15) is 13.8 Å². The Morgan fingerprint density at radius 1 is 1.43 bits per heavy atom. The number of aromatic nitrogens is 2. The Balaban J connectivity index is 2.87. The predicted molar refractivity (Wildman–Crippen MR) is 55.6 cm³/mol. The molecule has 0 amide bonds. The van der Waals surface area contributed by atoms with Crippen LogP contribution in [0.3, 0.4) is 0 Å². The SMILES string of the molecule is CC(C)(CO)Nc1cc(N)nc(N)n1. The van der Waals surface area contributed by atoms with E-state index >= 15 is 0 Å². The van der Waals surface area contributed by atoms with E-state index < -0.39 is 5.54 Å². The molecule has 1 aromatic heterocycles. The predicted octanol–water partition coefficient (Wildman–Crippen LogP) is -0.176. The average molecular weight is 197 g/mol. The first kappa shape index (κ1) is 10.5. The van der Waals surface area contributed by atoms with E-state index in [1.54, 1.807) is 6.07 Å². The lowest BCUT2D eigenvalue weighted by molar-refractivity contribution is 0.234. The lowest BCUT2D eigenvalue weighted by Gasteiger charge is -2.24. The van der Waals surface area contributed by atoms with Crippen molar-refractivity contribution in [1.29, 1.82) is 0 Å². The highest BCUT2D eigenvalue weighted by atomic mass is 16.3. The number of nitrogens with two attached hydrogens (primary N) is 2. The van der Waals surface area contributed by atoms with Gasteiger partial charge in [0.15, 0.2) is 0 Å². The lowest BCUT2D eigenvalue weighted by atomic mass is 10.1. The van der Waals surface area contributed by atoms with E-state index in [1.165, 1.54) is 0 Å². The third-order valence-corrected chi connectivity index (χ3v) is 1.62. The Bertz CT molecular complexity index is 305. The molecule has 0 aliphatic carbocycles. The van der Waals surface area contributed by atoms with Gasteiger partial charge in [-0.15, -0.1) is 0 Å². The molecular formula is C8H15N5O. The van der Waals surface area contributed by atoms with Crippen LogP contribution in [0, 0.1) is 0 Å². The van der Waals surface area contributed by atoms with E-state index in [4.69, 9.17) is 16.6 Å². The summed E-state index contributed by atoms with van der Waals surface area (Å²) in [6, 6.07) is 1.56. The van der Waals surface area contributed by atoms with Crippen LogP contribution in [-0.2, 0) is 0 Å². The van der Waals surface area contributed by atoms with Crippen LogP contribution in [0.2, 0.25) is 0 Å². The van der Waals surface area contributed by atoms with Crippen LogP contribution in [0.25, 0.3) is 0 Å². The summed E-state index contributed by atoms with van der Waals surface area (Å²) in [5.41, 5.74) is 10.4. The number of aliphatic hydroxyl groups excluding tert-OH is 1. The summed E-state index contributed by atoms with van der Waals surface area (Å²) < 4.78 is 0. The summed E-state index contributed by atoms with van der Waals surface area (Å²) in [6.07, 6.45) is 0. The number of aliphatic hydroxyl groups is 1. The normalized spacial score (nSPS) is 11.4. The summed E-state index contributed by atoms with van der Waals surface area (Å²) in [4.78, 5) is 7.66. The fourth-order valence-electron chi connectivity index (χ4n) is 0.936. The summed E-state index contributed by atoms with van der Waals surface area (Å²) in [7, 11) is 0. The fourth-order valence-corrected chi connectivity index (χ4v) is 0.936. The molecule has 0 atom stereocenters. The fraction of sp³-hybridized carbons (Fsp3) is 0.500. The Morgan fingerprint density at radius 2 is 2.07 bits per heavy atom. The maximum Gasteiger partial charge on any atom is 0.223 e. The molecule has 1 heterocycles. The van der Waals surface area contributed by atoms with Gasteiger partial charge in [0.1, 0.15) is 11.6 Å². The zero-order valence-electron chi connectivity index (χ0n) is 8.28. The first-order valence-corrected chi connectivity index (χ1v) is 4.22. The van der Waals surface area contributed by atoms with Crippen LogP contribution < -0.4 is 16.8 Å². The molecule has 0 fully saturated rings. The molecule has 0 bridgehead atoms. The number of nitrogens with one attached hydrogen (secondary N) is 1. The largest absolute Gasteiger partial charge is 0.394 e. The van der Waals surface area contributed by atoms with Crippen LogP contribution in [0.4, 0.5) is 17.6 Å². The number of hydrogen-bond acceptors (Lipinski definition) is 6. The van der Waals surface area contributed by atoms with Crippen LogP contribution in [0.15, 0.2) is 6.07 Å². The number of hydrogen-bond donors (Lipinski definition) is 4. The summed E-state index contributed by atoms with van der Waals surface area (Å²) in [6.45, 7) is 3.65. The monoisotopic (exact) mass is 197 g/mol. The van der Waals surface area contributed by atoms with Crippen molar-refractivity contribution in [3.05, 3.63) is 6.07 Å². The molecule has 14 heavy (non-hydrogen) atoms. The quantitative estimate of drug-likeness (QED) is 0.535. The molecular weight excluding hydrogens is 182 g/mol. The first-order valence-electron chi connectivity index (χ1n) is 4.22. The number of rotatable bonds is 3. The van der Waals surface area contributed by atoms with Gasteiger partial charge in [0.05, 0.1) is 12.1 Å². The average Bonchev–Trinajstić information content (AvgIpc) is 2.01. The molecule has 6 heteroatoms. The summed E-state index contributed by atoms with van der Waals surface area (Å²) >= 11 is 0. The first-order chi connectivity index (χ1) is 6.43. The van der Waals surface area contributed by atoms with E-state index in [1.807, 2.05) is 13.8 Å². The number of anilines is 3. The smallest absolute Gasteiger partial charge is 0.223 e. The van der Waals surface area contributed by atoms with E-state index in [0.717, 1.165) is 0 Å². The molecule has 6 nitrogen and oxygen atoms in total. The molecule has 0 aliphatic rings. The van der Waals surface area contributed by atoms with Crippen LogP contribution >= 0.6 is 0 Å². The van der Waals surface area contributed by atoms with Gasteiger partial charge in [0.25, 0.3) is 0 Å². The minimum atomic E-state index is -0.465. The van der Waals surface area contributed by atoms with Gasteiger partial charge < -0.3 is 21.9 Å². The van der Waals surface area contributed by atoms with E-state index in [-0.39, 0.29) is 12.6 Å². The van der Waals surface area contributed by atoms with Crippen molar-refractivity contribution in [2.24, 2.45) is 0 Å². The Kier molecular flexibility index (Phi) is 2.76. The summed E-state index contributed by atoms with van der Waals surface area (Å²) in [5.74, 6) is 0.920. The lowest BCUT2D eigenvalue weighted by Crippen LogP contribution is -2.35. The van der Waals surface area contributed by atoms with Gasteiger partial charge in [-0.2, -0.15) is 9.97 Å². The van der Waals surface area contributed by atoms with Gasteiger partial charge in [-0.05, 0) is 13.8 Å². The Labute approximate surface area is 82.4 Å². The third-order valence-electron chi connectivity index (χ3n) is 1.62. The van der Waals surface area contributed by atoms with Crippen molar-refractivity contribution in [3.8, 4) is 0 Å². The second-order valence-electron chi connectivity index (χ2n) is 3.70. The second kappa shape index (κ2) is 3.67. The minimum absolute atomic E-state index is 0.0171. The van der Waals surface area contributed by atoms with Gasteiger partial charge in [-0.25, -0.2) is 0 Å². The maximum atomic E-state index is 9.03. The Hall–Kier alpha value is -1.56. The van der Waals surface area contributed by atoms with Gasteiger partial charge in [-0.3, -0.25) is 0 Å². The van der Waals surface area contributed by atoms with Gasteiger partial charge >= 0.3 is 0 Å². The third kappa shape index (κ3) is 2.74. The highest BCUT2D eigenvalue weighted by Crippen LogP contribution is 2.14. The maximum absolute atomic E-state index is 9.03. The van der Waals surface area contributed by atoms with Crippen molar-refractivity contribution in [1.82, 2.24) is 9.97 Å². The molecule has 0 radical (unpaired) electrons. The zero-order chi connectivity index (χ0) is 10.8. The van der Waals surface area contributed by atoms with E-state index in [9.17, 15) is 0 Å². The molecule has 0 aliphatic heterocycles. The van der Waals surface area contributed by atoms with E-state index in [0.29, 0.717) is 11.6 Å². The molecule has 6 N–H and O–H groups in total. The standard InChI is InChI=1S/C8H15N5O/c1-8(2,4-14)13-6-3-5(9)11-7(10)12-6/h3,14H,4H2,1-2H3,(H5,9,10,11,12,13). The summed E-state index contributed by atoms with van der Waals surface area (Å²) in [5, 5.41) is 12.0. The molecule has 0 unspecified atom stereocenters. The minimum Gasteiger partial charge on any atom is -0.394 e. The second-order valence-corrected chi connectivity index (χ2v) is 3.70. The molecule has 0 saturated heterocycles. The zero-order valence-corrected chi connectivity index (χ0v) is 8.28. The molecule has 78 valence electrons. The highest BCUT2D eigenvalue weighted by molar-refractivity contribution is 5.49. The van der Waals surface area contributed by atoms with Crippen molar-refractivity contribution in [3.63, 3.8) is 0 Å². The highest BCUT2D eigenvalue weighted by Gasteiger charge is 2.16. The van der Waals surface area contributed by atoms with Crippen LogP contribution in [-0.4, -0.2) is 27.2 Å². The van der Waals surface area contributed by atoms with Crippen molar-refractivity contribution >= 4 is 17.6 Å². The van der Waals surface area contributed by atoms with Gasteiger partial charge in [0, 0.05) is 6.07 Å². The topological polar surface area (TPSA) is 110 Å². The van der Waals surface area contributed by atoms with Gasteiger partial charge in [-0.1, -0.05) is 0 Å². The molecule has 1 aromatic rings. The molecule has 0 aromatic carbocycles. The van der Waals surface area contributed by atoms with Gasteiger partial charge in [0.2, 0.25) is 5.95 Å². The molecule has 0 saturated carbocycles. The van der Waals surface area contributed by atoms with Crippen molar-refractivity contribution in [2.45, 2.75) is 19.4 Å². The molecule has 1 rings (SSSR count). The van der Waals surface area contributed by atoms with Crippen molar-refractivity contribution in [2.75, 3.05) is 23.4 Å².